The van der Waals surface area contributed by atoms with Crippen molar-refractivity contribution < 1.29 is 4.42 Å². The predicted molar refractivity (Wildman–Crippen MR) is 85.3 cm³/mol. The van der Waals surface area contributed by atoms with Crippen LogP contribution in [0.1, 0.15) is 25.3 Å². The lowest BCUT2D eigenvalue weighted by molar-refractivity contribution is 0.669. The first-order valence-corrected chi connectivity index (χ1v) is 7.08. The zero-order chi connectivity index (χ0) is 13.7. The van der Waals surface area contributed by atoms with Gasteiger partial charge in [0.2, 0.25) is 0 Å². The zero-order valence-corrected chi connectivity index (χ0v) is 11.7. The molecule has 0 radical (unpaired) electrons. The number of hydrogen-bond donors (Lipinski definition) is 0. The van der Waals surface area contributed by atoms with E-state index in [0.717, 1.165) is 11.2 Å². The average molecular weight is 260 g/mol. The van der Waals surface area contributed by atoms with E-state index in [9.17, 15) is 0 Å². The summed E-state index contributed by atoms with van der Waals surface area (Å²) in [4.78, 5) is 0. The lowest BCUT2D eigenvalue weighted by Gasteiger charge is -2.10. The molecule has 0 fully saturated rings. The number of para-hydroxylation sites is 1. The first-order chi connectivity index (χ1) is 9.75. The fourth-order valence-electron chi connectivity index (χ4n) is 3.11. The molecule has 0 aliphatic carbocycles. The Kier molecular flexibility index (Phi) is 2.37. The van der Waals surface area contributed by atoms with E-state index < -0.39 is 0 Å². The summed E-state index contributed by atoms with van der Waals surface area (Å²) in [7, 11) is 0. The highest BCUT2D eigenvalue weighted by Crippen LogP contribution is 2.36. The Morgan fingerprint density at radius 3 is 2.35 bits per heavy atom. The van der Waals surface area contributed by atoms with Crippen molar-refractivity contribution in [2.24, 2.45) is 0 Å². The molecule has 98 valence electrons. The Morgan fingerprint density at radius 2 is 1.50 bits per heavy atom. The van der Waals surface area contributed by atoms with Crippen molar-refractivity contribution in [2.45, 2.75) is 19.8 Å². The number of benzene rings is 3. The molecule has 3 aromatic carbocycles. The van der Waals surface area contributed by atoms with Crippen LogP contribution < -0.4 is 0 Å². The molecule has 0 N–H and O–H groups in total. The van der Waals surface area contributed by atoms with Gasteiger partial charge >= 0.3 is 0 Å². The molecule has 1 nitrogen and oxygen atoms in total. The van der Waals surface area contributed by atoms with E-state index in [1.54, 1.807) is 0 Å². The van der Waals surface area contributed by atoms with Gasteiger partial charge in [0.05, 0.1) is 0 Å². The second kappa shape index (κ2) is 4.11. The fourth-order valence-corrected chi connectivity index (χ4v) is 3.11. The van der Waals surface area contributed by atoms with Gasteiger partial charge in [-0.25, -0.2) is 0 Å². The Balaban J connectivity index is 2.26. The van der Waals surface area contributed by atoms with Gasteiger partial charge in [-0.05, 0) is 34.4 Å². The van der Waals surface area contributed by atoms with E-state index >= 15 is 0 Å². The molecule has 0 unspecified atom stereocenters. The smallest absolute Gasteiger partial charge is 0.136 e. The number of rotatable bonds is 1. The molecule has 0 aliphatic heterocycles. The van der Waals surface area contributed by atoms with Crippen LogP contribution in [-0.4, -0.2) is 0 Å². The van der Waals surface area contributed by atoms with Gasteiger partial charge in [0.15, 0.2) is 0 Å². The van der Waals surface area contributed by atoms with Crippen molar-refractivity contribution in [1.29, 1.82) is 0 Å². The van der Waals surface area contributed by atoms with Crippen LogP contribution in [0.3, 0.4) is 0 Å². The molecule has 0 amide bonds. The van der Waals surface area contributed by atoms with E-state index in [1.165, 1.54) is 27.1 Å². The van der Waals surface area contributed by atoms with E-state index in [4.69, 9.17) is 4.42 Å². The molecule has 0 spiro atoms. The quantitative estimate of drug-likeness (QED) is 0.417. The van der Waals surface area contributed by atoms with Crippen molar-refractivity contribution in [1.82, 2.24) is 0 Å². The predicted octanol–water partition coefficient (Wildman–Crippen LogP) is 5.86. The van der Waals surface area contributed by atoms with Gasteiger partial charge < -0.3 is 4.42 Å². The largest absolute Gasteiger partial charge is 0.456 e. The fraction of sp³-hybridized carbons (Fsp3) is 0.158. The summed E-state index contributed by atoms with van der Waals surface area (Å²) in [6.45, 7) is 4.49. The lowest BCUT2D eigenvalue weighted by atomic mass is 9.94. The van der Waals surface area contributed by atoms with Crippen molar-refractivity contribution in [3.05, 3.63) is 60.2 Å². The summed E-state index contributed by atoms with van der Waals surface area (Å²) in [5.74, 6) is 0.523. The summed E-state index contributed by atoms with van der Waals surface area (Å²) < 4.78 is 5.96. The maximum atomic E-state index is 5.96. The minimum Gasteiger partial charge on any atom is -0.456 e. The molecule has 1 heterocycles. The van der Waals surface area contributed by atoms with Crippen molar-refractivity contribution in [3.8, 4) is 0 Å². The molecular formula is C19H16O. The average Bonchev–Trinajstić information content (AvgIpc) is 2.85. The van der Waals surface area contributed by atoms with Gasteiger partial charge in [-0.15, -0.1) is 0 Å². The van der Waals surface area contributed by atoms with Crippen LogP contribution in [-0.2, 0) is 0 Å². The van der Waals surface area contributed by atoms with Crippen LogP contribution in [0, 0.1) is 0 Å². The highest BCUT2D eigenvalue weighted by molar-refractivity contribution is 6.19. The van der Waals surface area contributed by atoms with E-state index in [1.807, 2.05) is 12.1 Å². The van der Waals surface area contributed by atoms with Gasteiger partial charge in [-0.2, -0.15) is 0 Å². The van der Waals surface area contributed by atoms with Crippen molar-refractivity contribution in [3.63, 3.8) is 0 Å². The summed E-state index contributed by atoms with van der Waals surface area (Å²) >= 11 is 0. The Morgan fingerprint density at radius 1 is 0.700 bits per heavy atom. The zero-order valence-electron chi connectivity index (χ0n) is 11.7. The second-order valence-electron chi connectivity index (χ2n) is 5.63. The van der Waals surface area contributed by atoms with Gasteiger partial charge in [-0.3, -0.25) is 0 Å². The minimum atomic E-state index is 0.523. The summed E-state index contributed by atoms with van der Waals surface area (Å²) in [5.41, 5.74) is 3.33. The van der Waals surface area contributed by atoms with E-state index in [2.05, 4.69) is 56.3 Å². The van der Waals surface area contributed by atoms with Crippen molar-refractivity contribution >= 4 is 32.7 Å². The Hall–Kier alpha value is -2.28. The molecule has 4 aromatic rings. The van der Waals surface area contributed by atoms with E-state index in [0.29, 0.717) is 5.92 Å². The van der Waals surface area contributed by atoms with Crippen LogP contribution in [0.25, 0.3) is 32.7 Å². The first-order valence-electron chi connectivity index (χ1n) is 7.08. The molecule has 0 aliphatic rings. The monoisotopic (exact) mass is 260 g/mol. The third-order valence-corrected chi connectivity index (χ3v) is 4.06. The van der Waals surface area contributed by atoms with E-state index in [-0.39, 0.29) is 0 Å². The van der Waals surface area contributed by atoms with Gasteiger partial charge in [0.25, 0.3) is 0 Å². The van der Waals surface area contributed by atoms with Gasteiger partial charge in [-0.1, -0.05) is 56.3 Å². The van der Waals surface area contributed by atoms with Crippen LogP contribution in [0.4, 0.5) is 0 Å². The van der Waals surface area contributed by atoms with Gasteiger partial charge in [0.1, 0.15) is 11.2 Å². The topological polar surface area (TPSA) is 13.1 Å². The number of hydrogen-bond acceptors (Lipinski definition) is 1. The summed E-state index contributed by atoms with van der Waals surface area (Å²) in [5, 5.41) is 5.06. The lowest BCUT2D eigenvalue weighted by Crippen LogP contribution is -1.89. The van der Waals surface area contributed by atoms with Crippen LogP contribution >= 0.6 is 0 Å². The molecule has 0 saturated heterocycles. The number of furan rings is 1. The third kappa shape index (κ3) is 1.50. The standard InChI is InChI=1S/C19H16O/c1-12(2)13-7-5-8-15-14(13)10-11-18-19(15)16-6-3-4-9-17(16)20-18/h3-12H,1-2H3. The molecule has 0 saturated carbocycles. The van der Waals surface area contributed by atoms with Crippen LogP contribution in [0.15, 0.2) is 59.0 Å². The Bertz CT molecular complexity index is 928. The normalized spacial score (nSPS) is 11.9. The molecule has 1 heteroatoms. The third-order valence-electron chi connectivity index (χ3n) is 4.06. The summed E-state index contributed by atoms with van der Waals surface area (Å²) in [6, 6.07) is 19.1. The highest BCUT2D eigenvalue weighted by atomic mass is 16.3. The maximum absolute atomic E-state index is 5.96. The Labute approximate surface area is 117 Å². The SMILES string of the molecule is CC(C)c1cccc2c1ccc1oc3ccccc3c12. The number of fused-ring (bicyclic) bond motifs is 5. The molecular weight excluding hydrogens is 244 g/mol. The molecule has 1 aromatic heterocycles. The molecule has 20 heavy (non-hydrogen) atoms. The highest BCUT2D eigenvalue weighted by Gasteiger charge is 2.12. The summed E-state index contributed by atoms with van der Waals surface area (Å²) in [6.07, 6.45) is 0. The van der Waals surface area contributed by atoms with Crippen molar-refractivity contribution in [2.75, 3.05) is 0 Å². The molecule has 0 bridgehead atoms. The molecule has 0 atom stereocenters. The van der Waals surface area contributed by atoms with Crippen LogP contribution in [0.5, 0.6) is 0 Å². The van der Waals surface area contributed by atoms with Crippen LogP contribution in [0.2, 0.25) is 0 Å². The molecule has 4 rings (SSSR count). The second-order valence-corrected chi connectivity index (χ2v) is 5.63. The first kappa shape index (κ1) is 11.5. The maximum Gasteiger partial charge on any atom is 0.136 e. The van der Waals surface area contributed by atoms with Gasteiger partial charge in [0, 0.05) is 10.8 Å². The minimum absolute atomic E-state index is 0.523.